The summed E-state index contributed by atoms with van der Waals surface area (Å²) in [6.45, 7) is 7.62. The highest BCUT2D eigenvalue weighted by atomic mass is 16.6. The number of hydrogen-bond acceptors (Lipinski definition) is 5. The summed E-state index contributed by atoms with van der Waals surface area (Å²) in [5, 5.41) is 0. The summed E-state index contributed by atoms with van der Waals surface area (Å²) in [6.07, 6.45) is 1.53. The molecule has 1 aromatic rings. The van der Waals surface area contributed by atoms with Gasteiger partial charge in [-0.2, -0.15) is 0 Å². The Morgan fingerprint density at radius 1 is 1.00 bits per heavy atom. The molecule has 0 fully saturated rings. The van der Waals surface area contributed by atoms with Gasteiger partial charge >= 0.3 is 11.9 Å². The maximum Gasteiger partial charge on any atom is 0.345 e. The molecule has 5 heteroatoms. The molecule has 0 aromatic heterocycles. The highest BCUT2D eigenvalue weighted by Crippen LogP contribution is 2.17. The molecule has 0 atom stereocenters. The zero-order valence-corrected chi connectivity index (χ0v) is 13.4. The van der Waals surface area contributed by atoms with E-state index in [4.69, 9.17) is 14.2 Å². The van der Waals surface area contributed by atoms with Crippen LogP contribution in [-0.2, 0) is 19.1 Å². The minimum absolute atomic E-state index is 0.0796. The first-order valence-corrected chi connectivity index (χ1v) is 7.30. The average Bonchev–Trinajstić information content (AvgIpc) is 2.46. The number of carbonyl (C=O) groups excluding carboxylic acids is 2. The number of carbonyl (C=O) groups is 2. The molecule has 5 nitrogen and oxygen atoms in total. The molecule has 120 valence electrons. The zero-order chi connectivity index (χ0) is 16.5. The van der Waals surface area contributed by atoms with E-state index in [1.807, 2.05) is 13.8 Å². The summed E-state index contributed by atoms with van der Waals surface area (Å²) in [5.74, 6) is -0.659. The van der Waals surface area contributed by atoms with Gasteiger partial charge in [-0.25, -0.2) is 9.59 Å². The van der Waals surface area contributed by atoms with E-state index in [0.717, 1.165) is 5.75 Å². The Morgan fingerprint density at radius 2 is 1.50 bits per heavy atom. The first-order chi connectivity index (χ1) is 10.5. The minimum Gasteiger partial charge on any atom is -0.491 e. The maximum atomic E-state index is 11.9. The Morgan fingerprint density at radius 3 is 1.91 bits per heavy atom. The average molecular weight is 306 g/mol. The summed E-state index contributed by atoms with van der Waals surface area (Å²) >= 11 is 0. The first-order valence-electron chi connectivity index (χ1n) is 7.30. The zero-order valence-electron chi connectivity index (χ0n) is 13.4. The van der Waals surface area contributed by atoms with Crippen LogP contribution >= 0.6 is 0 Å². The van der Waals surface area contributed by atoms with E-state index < -0.39 is 11.9 Å². The van der Waals surface area contributed by atoms with Crippen LogP contribution in [0.5, 0.6) is 5.75 Å². The lowest BCUT2D eigenvalue weighted by Gasteiger charge is -2.10. The van der Waals surface area contributed by atoms with Crippen LogP contribution in [0.4, 0.5) is 0 Å². The van der Waals surface area contributed by atoms with Gasteiger partial charge in [0.15, 0.2) is 0 Å². The molecule has 0 N–H and O–H groups in total. The molecule has 0 heterocycles. The van der Waals surface area contributed by atoms with Gasteiger partial charge in [-0.05, 0) is 51.5 Å². The smallest absolute Gasteiger partial charge is 0.345 e. The van der Waals surface area contributed by atoms with Crippen molar-refractivity contribution in [2.24, 2.45) is 0 Å². The predicted octanol–water partition coefficient (Wildman–Crippen LogP) is 2.98. The molecule has 0 saturated heterocycles. The predicted molar refractivity (Wildman–Crippen MR) is 83.4 cm³/mol. The largest absolute Gasteiger partial charge is 0.491 e. The fourth-order valence-corrected chi connectivity index (χ4v) is 1.70. The number of ether oxygens (including phenoxy) is 3. The van der Waals surface area contributed by atoms with Crippen LogP contribution in [0.3, 0.4) is 0 Å². The summed E-state index contributed by atoms with van der Waals surface area (Å²) in [6, 6.07) is 7.08. The normalized spacial score (nSPS) is 10.0. The SMILES string of the molecule is CCOC(=O)C(=Cc1ccc(OC(C)C)cc1)C(=O)OCC. The Bertz CT molecular complexity index is 508. The molecular weight excluding hydrogens is 284 g/mol. The van der Waals surface area contributed by atoms with E-state index in [9.17, 15) is 9.59 Å². The first kappa shape index (κ1) is 17.8. The van der Waals surface area contributed by atoms with Gasteiger partial charge in [0.05, 0.1) is 19.3 Å². The van der Waals surface area contributed by atoms with Crippen molar-refractivity contribution in [2.75, 3.05) is 13.2 Å². The van der Waals surface area contributed by atoms with E-state index in [-0.39, 0.29) is 24.9 Å². The topological polar surface area (TPSA) is 61.8 Å². The lowest BCUT2D eigenvalue weighted by molar-refractivity contribution is -0.146. The molecular formula is C17H22O5. The van der Waals surface area contributed by atoms with Gasteiger partial charge in [-0.15, -0.1) is 0 Å². The Labute approximate surface area is 130 Å². The standard InChI is InChI=1S/C17H22O5/c1-5-20-16(18)15(17(19)21-6-2)11-13-7-9-14(10-8-13)22-12(3)4/h7-12H,5-6H2,1-4H3. The molecule has 0 amide bonds. The lowest BCUT2D eigenvalue weighted by Crippen LogP contribution is -2.18. The van der Waals surface area contributed by atoms with Crippen molar-refractivity contribution >= 4 is 18.0 Å². The molecule has 0 bridgehead atoms. The van der Waals surface area contributed by atoms with Crippen LogP contribution in [0.15, 0.2) is 29.8 Å². The molecule has 0 spiro atoms. The van der Waals surface area contributed by atoms with Crippen LogP contribution in [-0.4, -0.2) is 31.3 Å². The summed E-state index contributed by atoms with van der Waals surface area (Å²) < 4.78 is 15.3. The maximum absolute atomic E-state index is 11.9. The van der Waals surface area contributed by atoms with Gasteiger partial charge in [0, 0.05) is 0 Å². The van der Waals surface area contributed by atoms with Gasteiger partial charge in [0.1, 0.15) is 11.3 Å². The Hall–Kier alpha value is -2.30. The highest BCUT2D eigenvalue weighted by Gasteiger charge is 2.20. The van der Waals surface area contributed by atoms with Crippen LogP contribution in [0.2, 0.25) is 0 Å². The molecule has 1 rings (SSSR count). The Balaban J connectivity index is 2.99. The lowest BCUT2D eigenvalue weighted by atomic mass is 10.1. The van der Waals surface area contributed by atoms with Crippen molar-refractivity contribution < 1.29 is 23.8 Å². The molecule has 1 aromatic carbocycles. The van der Waals surface area contributed by atoms with E-state index in [2.05, 4.69) is 0 Å². The van der Waals surface area contributed by atoms with Crippen molar-refractivity contribution in [3.05, 3.63) is 35.4 Å². The monoisotopic (exact) mass is 306 g/mol. The molecule has 0 aliphatic rings. The Kier molecular flexibility index (Phi) is 7.16. The van der Waals surface area contributed by atoms with E-state index in [0.29, 0.717) is 5.56 Å². The van der Waals surface area contributed by atoms with E-state index >= 15 is 0 Å². The fraction of sp³-hybridized carbons (Fsp3) is 0.412. The van der Waals surface area contributed by atoms with Crippen LogP contribution in [0.25, 0.3) is 6.08 Å². The van der Waals surface area contributed by atoms with Crippen LogP contribution < -0.4 is 4.74 Å². The van der Waals surface area contributed by atoms with Gasteiger partial charge in [-0.1, -0.05) is 12.1 Å². The third-order valence-corrected chi connectivity index (χ3v) is 2.55. The summed E-state index contributed by atoms with van der Waals surface area (Å²) in [7, 11) is 0. The number of esters is 2. The van der Waals surface area contributed by atoms with Gasteiger partial charge in [-0.3, -0.25) is 0 Å². The molecule has 0 aliphatic heterocycles. The van der Waals surface area contributed by atoms with Gasteiger partial charge in [0.25, 0.3) is 0 Å². The van der Waals surface area contributed by atoms with Gasteiger partial charge < -0.3 is 14.2 Å². The second-order valence-electron chi connectivity index (χ2n) is 4.73. The second-order valence-corrected chi connectivity index (χ2v) is 4.73. The fourth-order valence-electron chi connectivity index (χ4n) is 1.70. The van der Waals surface area contributed by atoms with Crippen molar-refractivity contribution in [1.29, 1.82) is 0 Å². The van der Waals surface area contributed by atoms with E-state index in [1.54, 1.807) is 38.1 Å². The van der Waals surface area contributed by atoms with Crippen molar-refractivity contribution in [3.8, 4) is 5.75 Å². The summed E-state index contributed by atoms with van der Waals surface area (Å²) in [5.41, 5.74) is 0.563. The van der Waals surface area contributed by atoms with Crippen molar-refractivity contribution in [3.63, 3.8) is 0 Å². The minimum atomic E-state index is -0.691. The van der Waals surface area contributed by atoms with Crippen LogP contribution in [0, 0.1) is 0 Å². The molecule has 0 aliphatic carbocycles. The number of hydrogen-bond donors (Lipinski definition) is 0. The highest BCUT2D eigenvalue weighted by molar-refractivity contribution is 6.17. The molecule has 0 radical (unpaired) electrons. The van der Waals surface area contributed by atoms with Crippen LogP contribution in [0.1, 0.15) is 33.3 Å². The third kappa shape index (κ3) is 5.60. The number of benzene rings is 1. The summed E-state index contributed by atoms with van der Waals surface area (Å²) in [4.78, 5) is 23.7. The van der Waals surface area contributed by atoms with E-state index in [1.165, 1.54) is 6.08 Å². The molecule has 0 unspecified atom stereocenters. The van der Waals surface area contributed by atoms with Crippen molar-refractivity contribution in [2.45, 2.75) is 33.8 Å². The third-order valence-electron chi connectivity index (χ3n) is 2.55. The van der Waals surface area contributed by atoms with Gasteiger partial charge in [0.2, 0.25) is 0 Å². The molecule has 0 saturated carbocycles. The molecule has 22 heavy (non-hydrogen) atoms. The number of rotatable bonds is 7. The quantitative estimate of drug-likeness (QED) is 0.335. The van der Waals surface area contributed by atoms with Crippen molar-refractivity contribution in [1.82, 2.24) is 0 Å². The second kappa shape index (κ2) is 8.87.